The summed E-state index contributed by atoms with van der Waals surface area (Å²) in [4.78, 5) is 0. The second-order valence-electron chi connectivity index (χ2n) is 2.56. The van der Waals surface area contributed by atoms with Crippen LogP contribution in [0.5, 0.6) is 0 Å². The summed E-state index contributed by atoms with van der Waals surface area (Å²) < 4.78 is 1.52. The molecule has 0 saturated heterocycles. The molecule has 0 aliphatic rings. The third-order valence-corrected chi connectivity index (χ3v) is 4.54. The number of hydrogen-bond acceptors (Lipinski definition) is 0. The van der Waals surface area contributed by atoms with Crippen molar-refractivity contribution in [1.29, 1.82) is 0 Å². The second kappa shape index (κ2) is 3.74. The maximum absolute atomic E-state index is 3.57. The Labute approximate surface area is 77.6 Å². The first-order valence-electron chi connectivity index (χ1n) is 3.36. The molecule has 0 atom stereocenters. The Kier molecular flexibility index (Phi) is 3.20. The van der Waals surface area contributed by atoms with Crippen molar-refractivity contribution >= 4 is 34.8 Å². The monoisotopic (exact) mass is 208 g/mol. The Morgan fingerprint density at radius 1 is 1.30 bits per heavy atom. The van der Waals surface area contributed by atoms with Gasteiger partial charge in [-0.1, -0.05) is 29.3 Å². The van der Waals surface area contributed by atoms with E-state index in [-0.39, 0.29) is 18.2 Å². The molecular weight excluding hydrogens is 200 g/mol. The molecule has 2 heteroatoms. The Hall–Kier alpha value is 0.466. The van der Waals surface area contributed by atoms with Crippen molar-refractivity contribution < 1.29 is 0 Å². The number of aryl methyl sites for hydroxylation is 2. The van der Waals surface area contributed by atoms with E-state index in [0.717, 1.165) is 0 Å². The summed E-state index contributed by atoms with van der Waals surface area (Å²) in [5, 5.41) is 0. The molecule has 0 amide bonds. The summed E-state index contributed by atoms with van der Waals surface area (Å²) in [6.07, 6.45) is 0. The minimum atomic E-state index is -0.141. The molecule has 0 unspecified atom stereocenters. The van der Waals surface area contributed by atoms with E-state index in [1.54, 1.807) is 0 Å². The van der Waals surface area contributed by atoms with Crippen molar-refractivity contribution in [2.45, 2.75) is 13.8 Å². The van der Waals surface area contributed by atoms with E-state index >= 15 is 0 Å². The summed E-state index contributed by atoms with van der Waals surface area (Å²) in [6, 6.07) is 6.64. The fourth-order valence-corrected chi connectivity index (χ4v) is 3.40. The Balaban J connectivity index is 3.07. The van der Waals surface area contributed by atoms with E-state index in [9.17, 15) is 0 Å². The van der Waals surface area contributed by atoms with Crippen LogP contribution in [-0.2, 0) is 0 Å². The molecule has 1 aromatic carbocycles. The molecule has 50 valence electrons. The van der Waals surface area contributed by atoms with Gasteiger partial charge in [-0.3, -0.25) is 12.9 Å². The van der Waals surface area contributed by atoms with Crippen LogP contribution in [0.2, 0.25) is 0 Å². The van der Waals surface area contributed by atoms with Crippen LogP contribution >= 0.6 is 12.9 Å². The third-order valence-electron chi connectivity index (χ3n) is 1.64. The lowest BCUT2D eigenvalue weighted by Crippen LogP contribution is -2.11. The summed E-state index contributed by atoms with van der Waals surface area (Å²) >= 11 is 3.43. The van der Waals surface area contributed by atoms with Crippen molar-refractivity contribution in [3.63, 3.8) is 0 Å². The largest absolute Gasteiger partial charge is 0.507 e. The molecule has 0 bridgehead atoms. The van der Waals surface area contributed by atoms with Crippen LogP contribution in [0.4, 0.5) is 0 Å². The zero-order valence-electron chi connectivity index (χ0n) is 6.32. The summed E-state index contributed by atoms with van der Waals surface area (Å²) in [5.74, 6) is 0. The average molecular weight is 209 g/mol. The average Bonchev–Trinajstić information content (AvgIpc) is 1.88. The van der Waals surface area contributed by atoms with Gasteiger partial charge in [0.25, 0.3) is 0 Å². The lowest BCUT2D eigenvalue weighted by Gasteiger charge is -2.01. The standard InChI is InChI=1S/C8H9.BrH.Mg/c1-7-4-3-5-8(2)6-7;;/h3-4,6H,1-2H3;1H;/q;;+1/p-1. The van der Waals surface area contributed by atoms with Crippen LogP contribution in [0, 0.1) is 13.8 Å². The van der Waals surface area contributed by atoms with E-state index in [1.807, 2.05) is 0 Å². The van der Waals surface area contributed by atoms with Crippen molar-refractivity contribution in [3.8, 4) is 0 Å². The molecule has 0 fully saturated rings. The Morgan fingerprint density at radius 2 is 2.00 bits per heavy atom. The predicted molar refractivity (Wildman–Crippen MR) is 50.2 cm³/mol. The minimum Gasteiger partial charge on any atom is -0.296 e. The van der Waals surface area contributed by atoms with Gasteiger partial charge in [0.15, 0.2) is 0 Å². The summed E-state index contributed by atoms with van der Waals surface area (Å²) in [6.45, 7) is 4.31. The van der Waals surface area contributed by atoms with Gasteiger partial charge in [0.1, 0.15) is 0 Å². The molecule has 0 spiro atoms. The highest BCUT2D eigenvalue weighted by atomic mass is 79.9. The topological polar surface area (TPSA) is 0 Å². The summed E-state index contributed by atoms with van der Waals surface area (Å²) in [5.41, 5.74) is 2.79. The zero-order valence-corrected chi connectivity index (χ0v) is 9.32. The van der Waals surface area contributed by atoms with E-state index < -0.39 is 0 Å². The van der Waals surface area contributed by atoms with Gasteiger partial charge >= 0.3 is 18.2 Å². The van der Waals surface area contributed by atoms with Gasteiger partial charge in [0.2, 0.25) is 0 Å². The van der Waals surface area contributed by atoms with E-state index in [4.69, 9.17) is 0 Å². The fourth-order valence-electron chi connectivity index (χ4n) is 0.996. The molecule has 1 aromatic rings. The molecule has 0 radical (unpaired) electrons. The lowest BCUT2D eigenvalue weighted by atomic mass is 10.2. The van der Waals surface area contributed by atoms with Gasteiger partial charge in [0, 0.05) is 0 Å². The van der Waals surface area contributed by atoms with Crippen molar-refractivity contribution in [3.05, 3.63) is 29.3 Å². The molecule has 0 nitrogen and oxygen atoms in total. The predicted octanol–water partition coefficient (Wildman–Crippen LogP) is 1.94. The van der Waals surface area contributed by atoms with Gasteiger partial charge in [-0.15, -0.1) is 3.69 Å². The molecule has 0 heterocycles. The van der Waals surface area contributed by atoms with Crippen LogP contribution in [0.1, 0.15) is 11.1 Å². The molecule has 0 aromatic heterocycles. The molecular formula is C8H9BrMg. The highest BCUT2D eigenvalue weighted by Crippen LogP contribution is 1.99. The molecule has 0 aliphatic carbocycles. The van der Waals surface area contributed by atoms with Gasteiger partial charge < -0.3 is 0 Å². The van der Waals surface area contributed by atoms with Crippen LogP contribution < -0.4 is 3.69 Å². The number of rotatable bonds is 1. The van der Waals surface area contributed by atoms with Crippen LogP contribution in [-0.4, -0.2) is 18.2 Å². The first kappa shape index (κ1) is 8.56. The fraction of sp³-hybridized carbons (Fsp3) is 0.250. The van der Waals surface area contributed by atoms with Crippen LogP contribution in [0.3, 0.4) is 0 Å². The molecule has 1 rings (SSSR count). The third kappa shape index (κ3) is 1.97. The van der Waals surface area contributed by atoms with E-state index in [1.165, 1.54) is 14.8 Å². The van der Waals surface area contributed by atoms with Crippen molar-refractivity contribution in [2.75, 3.05) is 0 Å². The van der Waals surface area contributed by atoms with Crippen LogP contribution in [0.25, 0.3) is 0 Å². The number of halogens is 1. The smallest absolute Gasteiger partial charge is 0.296 e. The van der Waals surface area contributed by atoms with Gasteiger partial charge in [0.05, 0.1) is 0 Å². The second-order valence-corrected chi connectivity index (χ2v) is 5.27. The van der Waals surface area contributed by atoms with E-state index in [0.29, 0.717) is 0 Å². The normalized spacial score (nSPS) is 9.10. The lowest BCUT2D eigenvalue weighted by molar-refractivity contribution is 1.41. The quantitative estimate of drug-likeness (QED) is 0.620. The SMILES string of the molecule is Cc1cc[c]([Mg][Br])c(C)c1. The molecule has 10 heavy (non-hydrogen) atoms. The van der Waals surface area contributed by atoms with Gasteiger partial charge in [-0.05, 0) is 13.8 Å². The first-order chi connectivity index (χ1) is 4.74. The maximum Gasteiger partial charge on any atom is 0.507 e. The molecule has 0 saturated carbocycles. The van der Waals surface area contributed by atoms with Crippen molar-refractivity contribution in [1.82, 2.24) is 0 Å². The Bertz CT molecular complexity index is 233. The van der Waals surface area contributed by atoms with E-state index in [2.05, 4.69) is 44.9 Å². The molecule has 0 N–H and O–H groups in total. The summed E-state index contributed by atoms with van der Waals surface area (Å²) in [7, 11) is 0. The first-order valence-corrected chi connectivity index (χ1v) is 7.96. The highest BCUT2D eigenvalue weighted by molar-refractivity contribution is 9.23. The minimum absolute atomic E-state index is 0.141. The zero-order chi connectivity index (χ0) is 7.56. The Morgan fingerprint density at radius 3 is 2.50 bits per heavy atom. The van der Waals surface area contributed by atoms with Gasteiger partial charge in [-0.2, -0.15) is 0 Å². The van der Waals surface area contributed by atoms with Crippen LogP contribution in [0.15, 0.2) is 18.2 Å². The van der Waals surface area contributed by atoms with Gasteiger partial charge in [-0.25, -0.2) is 0 Å². The number of hydrogen-bond donors (Lipinski definition) is 0. The van der Waals surface area contributed by atoms with Crippen molar-refractivity contribution in [2.24, 2.45) is 0 Å². The number of benzene rings is 1. The molecule has 0 aliphatic heterocycles. The maximum atomic E-state index is 3.57. The highest BCUT2D eigenvalue weighted by Gasteiger charge is 1.97.